The van der Waals surface area contributed by atoms with Crippen LogP contribution in [0.25, 0.3) is 0 Å². The lowest BCUT2D eigenvalue weighted by Crippen LogP contribution is -2.45. The van der Waals surface area contributed by atoms with Crippen LogP contribution in [0.3, 0.4) is 0 Å². The molecule has 8 heteroatoms. The van der Waals surface area contributed by atoms with E-state index in [1.54, 1.807) is 12.3 Å². The van der Waals surface area contributed by atoms with Gasteiger partial charge in [-0.3, -0.25) is 9.69 Å². The second-order valence-corrected chi connectivity index (χ2v) is 9.98. The van der Waals surface area contributed by atoms with Gasteiger partial charge in [0.05, 0.1) is 0 Å². The third kappa shape index (κ3) is 4.16. The molecule has 1 spiro atoms. The van der Waals surface area contributed by atoms with E-state index in [9.17, 15) is 9.59 Å². The zero-order chi connectivity index (χ0) is 22.3. The van der Waals surface area contributed by atoms with Crippen LogP contribution in [0.15, 0.2) is 30.5 Å². The lowest BCUT2D eigenvalue weighted by molar-refractivity contribution is 0.101. The highest BCUT2D eigenvalue weighted by molar-refractivity contribution is 6.30. The summed E-state index contributed by atoms with van der Waals surface area (Å²) in [6, 6.07) is 7.75. The maximum atomic E-state index is 12.8. The molecule has 3 fully saturated rings. The molecule has 0 radical (unpaired) electrons. The van der Waals surface area contributed by atoms with Crippen LogP contribution in [0.4, 0.5) is 10.5 Å². The van der Waals surface area contributed by atoms with Crippen LogP contribution < -0.4 is 4.90 Å². The molecule has 0 aliphatic carbocycles. The van der Waals surface area contributed by atoms with Crippen LogP contribution in [-0.2, 0) is 6.54 Å². The van der Waals surface area contributed by atoms with E-state index in [0.29, 0.717) is 5.69 Å². The van der Waals surface area contributed by atoms with Crippen molar-refractivity contribution in [1.82, 2.24) is 19.6 Å². The Balaban J connectivity index is 1.20. The number of rotatable bonds is 4. The topological polar surface area (TPSA) is 61.7 Å². The summed E-state index contributed by atoms with van der Waals surface area (Å²) in [5, 5.41) is 4.93. The summed E-state index contributed by atoms with van der Waals surface area (Å²) in [5.74, 6) is -0.128. The van der Waals surface area contributed by atoms with Crippen LogP contribution in [-0.4, -0.2) is 70.7 Å². The van der Waals surface area contributed by atoms with E-state index in [0.717, 1.165) is 63.7 Å². The second kappa shape index (κ2) is 8.52. The van der Waals surface area contributed by atoms with E-state index in [1.807, 2.05) is 11.0 Å². The Kier molecular flexibility index (Phi) is 5.72. The van der Waals surface area contributed by atoms with E-state index >= 15 is 0 Å². The Bertz CT molecular complexity index is 1020. The number of aromatic nitrogens is 2. The number of hydrogen-bond acceptors (Lipinski definition) is 5. The van der Waals surface area contributed by atoms with Crippen molar-refractivity contribution in [2.45, 2.75) is 39.2 Å². The van der Waals surface area contributed by atoms with Crippen molar-refractivity contribution in [3.05, 3.63) is 46.7 Å². The molecule has 170 valence electrons. The molecule has 3 aliphatic heterocycles. The van der Waals surface area contributed by atoms with Gasteiger partial charge in [0.2, 0.25) is 0 Å². The minimum Gasteiger partial charge on any atom is -0.371 e. The molecule has 32 heavy (non-hydrogen) atoms. The summed E-state index contributed by atoms with van der Waals surface area (Å²) < 4.78 is 1.30. The standard InChI is InChI=1S/C24H30ClN5O2/c1-18(31)21-5-11-30(26-21)23(32)29-13-7-24(8-14-29)6-12-27(17-24)16-19-15-20(25)3-4-22(19)28-9-2-10-28/h3-5,11,15H,2,6-10,12-14,16-17H2,1H3. The molecule has 0 N–H and O–H groups in total. The predicted molar refractivity (Wildman–Crippen MR) is 124 cm³/mol. The number of halogens is 1. The van der Waals surface area contributed by atoms with Gasteiger partial charge in [-0.25, -0.2) is 4.79 Å². The molecule has 3 aliphatic rings. The van der Waals surface area contributed by atoms with E-state index in [-0.39, 0.29) is 17.2 Å². The van der Waals surface area contributed by atoms with Gasteiger partial charge in [-0.2, -0.15) is 9.78 Å². The lowest BCUT2D eigenvalue weighted by atomic mass is 9.78. The monoisotopic (exact) mass is 455 g/mol. The quantitative estimate of drug-likeness (QED) is 0.654. The maximum absolute atomic E-state index is 12.8. The highest BCUT2D eigenvalue weighted by Gasteiger charge is 2.41. The molecule has 3 saturated heterocycles. The van der Waals surface area contributed by atoms with Crippen LogP contribution in [0.2, 0.25) is 5.02 Å². The fraction of sp³-hybridized carbons (Fsp3) is 0.542. The van der Waals surface area contributed by atoms with Crippen LogP contribution in [0.1, 0.15) is 48.7 Å². The number of likely N-dealkylation sites (tertiary alicyclic amines) is 2. The first kappa shape index (κ1) is 21.5. The third-order valence-electron chi connectivity index (χ3n) is 7.39. The van der Waals surface area contributed by atoms with E-state index < -0.39 is 0 Å². The minimum atomic E-state index is -0.139. The van der Waals surface area contributed by atoms with Gasteiger partial charge in [0, 0.05) is 63.1 Å². The van der Waals surface area contributed by atoms with Crippen molar-refractivity contribution in [2.75, 3.05) is 44.2 Å². The molecular formula is C24H30ClN5O2. The fourth-order valence-electron chi connectivity index (χ4n) is 5.29. The third-order valence-corrected chi connectivity index (χ3v) is 7.63. The molecule has 1 amide bonds. The number of hydrogen-bond donors (Lipinski definition) is 0. The van der Waals surface area contributed by atoms with Crippen LogP contribution in [0.5, 0.6) is 0 Å². The van der Waals surface area contributed by atoms with Crippen molar-refractivity contribution in [3.63, 3.8) is 0 Å². The van der Waals surface area contributed by atoms with Crippen LogP contribution in [0, 0.1) is 5.41 Å². The summed E-state index contributed by atoms with van der Waals surface area (Å²) in [6.07, 6.45) is 6.03. The molecule has 2 aromatic rings. The number of benzene rings is 1. The summed E-state index contributed by atoms with van der Waals surface area (Å²) in [5.41, 5.74) is 3.26. The molecule has 1 aromatic carbocycles. The normalized spacial score (nSPS) is 20.6. The summed E-state index contributed by atoms with van der Waals surface area (Å²) in [6.45, 7) is 8.27. The minimum absolute atomic E-state index is 0.128. The van der Waals surface area contributed by atoms with Crippen molar-refractivity contribution in [1.29, 1.82) is 0 Å². The number of carbonyl (C=O) groups is 2. The van der Waals surface area contributed by atoms with Gasteiger partial charge in [0.15, 0.2) is 5.78 Å². The Morgan fingerprint density at radius 3 is 2.47 bits per heavy atom. The van der Waals surface area contributed by atoms with Crippen molar-refractivity contribution in [3.8, 4) is 0 Å². The van der Waals surface area contributed by atoms with Gasteiger partial charge < -0.3 is 9.80 Å². The molecule has 0 bridgehead atoms. The predicted octanol–water partition coefficient (Wildman–Crippen LogP) is 3.91. The highest BCUT2D eigenvalue weighted by atomic mass is 35.5. The average molecular weight is 456 g/mol. The van der Waals surface area contributed by atoms with Crippen molar-refractivity contribution >= 4 is 29.1 Å². The first-order chi connectivity index (χ1) is 15.4. The lowest BCUT2D eigenvalue weighted by Gasteiger charge is -2.39. The first-order valence-corrected chi connectivity index (χ1v) is 11.9. The Morgan fingerprint density at radius 2 is 1.81 bits per heavy atom. The second-order valence-electron chi connectivity index (χ2n) is 9.55. The van der Waals surface area contributed by atoms with Gasteiger partial charge in [0.1, 0.15) is 5.69 Å². The Hall–Kier alpha value is -2.38. The Morgan fingerprint density at radius 1 is 1.06 bits per heavy atom. The molecule has 1 aromatic heterocycles. The van der Waals surface area contributed by atoms with Gasteiger partial charge in [-0.1, -0.05) is 11.6 Å². The van der Waals surface area contributed by atoms with Gasteiger partial charge in [0.25, 0.3) is 0 Å². The van der Waals surface area contributed by atoms with E-state index in [4.69, 9.17) is 11.6 Å². The maximum Gasteiger partial charge on any atom is 0.344 e. The summed E-state index contributed by atoms with van der Waals surface area (Å²) in [4.78, 5) is 31.1. The van der Waals surface area contributed by atoms with Crippen molar-refractivity contribution in [2.24, 2.45) is 5.41 Å². The number of Topliss-reactive ketones (excluding diaryl/α,β-unsaturated/α-hetero) is 1. The van der Waals surface area contributed by atoms with Crippen LogP contribution >= 0.6 is 11.6 Å². The number of carbonyl (C=O) groups excluding carboxylic acids is 2. The van der Waals surface area contributed by atoms with Gasteiger partial charge >= 0.3 is 6.03 Å². The zero-order valence-corrected chi connectivity index (χ0v) is 19.4. The van der Waals surface area contributed by atoms with Crippen molar-refractivity contribution < 1.29 is 9.59 Å². The number of anilines is 1. The highest BCUT2D eigenvalue weighted by Crippen LogP contribution is 2.41. The van der Waals surface area contributed by atoms with E-state index in [2.05, 4.69) is 27.0 Å². The number of ketones is 1. The summed E-state index contributed by atoms with van der Waals surface area (Å²) in [7, 11) is 0. The molecule has 0 unspecified atom stereocenters. The van der Waals surface area contributed by atoms with E-state index in [1.165, 1.54) is 35.7 Å². The van der Waals surface area contributed by atoms with Gasteiger partial charge in [-0.05, 0) is 67.5 Å². The summed E-state index contributed by atoms with van der Waals surface area (Å²) >= 11 is 6.33. The Labute approximate surface area is 193 Å². The number of nitrogens with zero attached hydrogens (tertiary/aromatic N) is 5. The molecule has 4 heterocycles. The fourth-order valence-corrected chi connectivity index (χ4v) is 5.49. The molecule has 5 rings (SSSR count). The zero-order valence-electron chi connectivity index (χ0n) is 18.6. The van der Waals surface area contributed by atoms with Gasteiger partial charge in [-0.15, -0.1) is 0 Å². The number of piperidine rings is 1. The molecule has 0 saturated carbocycles. The molecular weight excluding hydrogens is 426 g/mol. The first-order valence-electron chi connectivity index (χ1n) is 11.5. The molecule has 7 nitrogen and oxygen atoms in total. The average Bonchev–Trinajstić information content (AvgIpc) is 3.37. The smallest absolute Gasteiger partial charge is 0.344 e. The molecule has 0 atom stereocenters. The largest absolute Gasteiger partial charge is 0.371 e. The number of amides is 1. The SMILES string of the molecule is CC(=O)c1ccn(C(=O)N2CCC3(CCN(Cc4cc(Cl)ccc4N4CCC4)C3)CC2)n1.